The number of nitro groups is 1. The Bertz CT molecular complexity index is 1130. The van der Waals surface area contributed by atoms with Crippen molar-refractivity contribution in [3.05, 3.63) is 93.9 Å². The highest BCUT2D eigenvalue weighted by atomic mass is 16.6. The van der Waals surface area contributed by atoms with Crippen LogP contribution in [-0.4, -0.2) is 41.3 Å². The maximum absolute atomic E-state index is 13.2. The molecular weight excluding hydrogens is 418 g/mol. The minimum atomic E-state index is -0.831. The van der Waals surface area contributed by atoms with Crippen LogP contribution in [0.5, 0.6) is 0 Å². The van der Waals surface area contributed by atoms with E-state index in [4.69, 9.17) is 4.42 Å². The number of amides is 2. The number of hydrogen-bond acceptors (Lipinski definition) is 7. The van der Waals surface area contributed by atoms with Crippen molar-refractivity contribution in [2.45, 2.75) is 6.54 Å². The number of carbonyl (C=O) groups excluding carboxylic acids is 3. The van der Waals surface area contributed by atoms with Gasteiger partial charge in [0.2, 0.25) is 5.91 Å². The normalized spacial score (nSPS) is 10.3. The van der Waals surface area contributed by atoms with Gasteiger partial charge in [0.25, 0.3) is 11.6 Å². The monoisotopic (exact) mass is 437 g/mol. The van der Waals surface area contributed by atoms with Crippen LogP contribution in [0.1, 0.15) is 26.5 Å². The minimum absolute atomic E-state index is 0.0652. The number of ether oxygens (including phenoxy) is 1. The van der Waals surface area contributed by atoms with Crippen molar-refractivity contribution in [2.75, 3.05) is 19.0 Å². The number of non-ortho nitro benzene ring substituents is 1. The predicted octanol–water partition coefficient (Wildman–Crippen LogP) is 3.26. The van der Waals surface area contributed by atoms with Crippen LogP contribution in [-0.2, 0) is 16.1 Å². The summed E-state index contributed by atoms with van der Waals surface area (Å²) in [6.45, 7) is -0.422. The lowest BCUT2D eigenvalue weighted by molar-refractivity contribution is -0.384. The van der Waals surface area contributed by atoms with Crippen LogP contribution in [0.15, 0.2) is 71.3 Å². The lowest BCUT2D eigenvalue weighted by Gasteiger charge is -2.21. The molecule has 1 aromatic heterocycles. The molecule has 0 aliphatic heterocycles. The molecule has 10 heteroatoms. The second-order valence-electron chi connectivity index (χ2n) is 6.67. The van der Waals surface area contributed by atoms with Crippen molar-refractivity contribution in [2.24, 2.45) is 0 Å². The molecule has 0 saturated heterocycles. The zero-order chi connectivity index (χ0) is 23.1. The SMILES string of the molecule is COC(=O)c1cc(C(=O)N(CC(=O)Nc2ccccc2)Cc2ccco2)cc([N+](=O)[O-])c1. The number of nitro benzene ring substituents is 1. The molecule has 10 nitrogen and oxygen atoms in total. The van der Waals surface area contributed by atoms with Gasteiger partial charge in [-0.15, -0.1) is 0 Å². The minimum Gasteiger partial charge on any atom is -0.467 e. The van der Waals surface area contributed by atoms with Gasteiger partial charge in [0.15, 0.2) is 0 Å². The summed E-state index contributed by atoms with van der Waals surface area (Å²) in [5, 5.41) is 14.0. The summed E-state index contributed by atoms with van der Waals surface area (Å²) in [5.74, 6) is -1.60. The molecule has 0 atom stereocenters. The number of anilines is 1. The molecule has 0 aliphatic carbocycles. The number of carbonyl (C=O) groups is 3. The van der Waals surface area contributed by atoms with E-state index < -0.39 is 28.4 Å². The molecule has 1 N–H and O–H groups in total. The number of esters is 1. The highest BCUT2D eigenvalue weighted by Gasteiger charge is 2.24. The van der Waals surface area contributed by atoms with E-state index >= 15 is 0 Å². The van der Waals surface area contributed by atoms with Crippen LogP contribution in [0.25, 0.3) is 0 Å². The van der Waals surface area contributed by atoms with Crippen LogP contribution in [0, 0.1) is 10.1 Å². The molecule has 0 radical (unpaired) electrons. The highest BCUT2D eigenvalue weighted by Crippen LogP contribution is 2.20. The Kier molecular flexibility index (Phi) is 6.96. The number of methoxy groups -OCH3 is 1. The fraction of sp³-hybridized carbons (Fsp3) is 0.136. The van der Waals surface area contributed by atoms with Crippen molar-refractivity contribution in [1.82, 2.24) is 4.90 Å². The Balaban J connectivity index is 1.90. The Hall–Kier alpha value is -4.47. The predicted molar refractivity (Wildman–Crippen MR) is 113 cm³/mol. The van der Waals surface area contributed by atoms with Crippen molar-refractivity contribution >= 4 is 29.2 Å². The topological polar surface area (TPSA) is 132 Å². The average molecular weight is 437 g/mol. The molecule has 3 rings (SSSR count). The van der Waals surface area contributed by atoms with Crippen molar-refractivity contribution in [3.63, 3.8) is 0 Å². The van der Waals surface area contributed by atoms with Gasteiger partial charge in [0, 0.05) is 23.4 Å². The van der Waals surface area contributed by atoms with Gasteiger partial charge in [-0.05, 0) is 30.3 Å². The maximum Gasteiger partial charge on any atom is 0.338 e. The molecule has 0 aliphatic rings. The van der Waals surface area contributed by atoms with Crippen molar-refractivity contribution < 1.29 is 28.5 Å². The van der Waals surface area contributed by atoms with Crippen LogP contribution in [0.3, 0.4) is 0 Å². The summed E-state index contributed by atoms with van der Waals surface area (Å²) in [5.41, 5.74) is -0.204. The number of nitrogens with zero attached hydrogens (tertiary/aromatic N) is 2. The number of para-hydroxylation sites is 1. The van der Waals surface area contributed by atoms with Gasteiger partial charge in [0.05, 0.1) is 30.4 Å². The van der Waals surface area contributed by atoms with Gasteiger partial charge in [-0.25, -0.2) is 4.79 Å². The third-order valence-corrected chi connectivity index (χ3v) is 4.40. The summed E-state index contributed by atoms with van der Waals surface area (Å²) in [6.07, 6.45) is 1.42. The number of furan rings is 1. The van der Waals surface area contributed by atoms with E-state index in [1.807, 2.05) is 0 Å². The van der Waals surface area contributed by atoms with E-state index in [9.17, 15) is 24.5 Å². The lowest BCUT2D eigenvalue weighted by atomic mass is 10.1. The quantitative estimate of drug-likeness (QED) is 0.325. The molecule has 0 unspecified atom stereocenters. The molecule has 3 aromatic rings. The first kappa shape index (κ1) is 22.2. The fourth-order valence-corrected chi connectivity index (χ4v) is 2.94. The van der Waals surface area contributed by atoms with Crippen LogP contribution < -0.4 is 5.32 Å². The summed E-state index contributed by atoms with van der Waals surface area (Å²) < 4.78 is 9.90. The zero-order valence-electron chi connectivity index (χ0n) is 17.0. The van der Waals surface area contributed by atoms with E-state index in [1.165, 1.54) is 12.3 Å². The lowest BCUT2D eigenvalue weighted by Crippen LogP contribution is -2.37. The molecule has 2 aromatic carbocycles. The van der Waals surface area contributed by atoms with Gasteiger partial charge >= 0.3 is 5.97 Å². The second-order valence-corrected chi connectivity index (χ2v) is 6.67. The van der Waals surface area contributed by atoms with Crippen LogP contribution in [0.2, 0.25) is 0 Å². The number of rotatable bonds is 8. The van der Waals surface area contributed by atoms with E-state index in [0.717, 1.165) is 24.1 Å². The fourth-order valence-electron chi connectivity index (χ4n) is 2.94. The van der Waals surface area contributed by atoms with Crippen LogP contribution >= 0.6 is 0 Å². The van der Waals surface area contributed by atoms with Gasteiger partial charge in [0.1, 0.15) is 12.3 Å². The first-order valence-corrected chi connectivity index (χ1v) is 9.41. The highest BCUT2D eigenvalue weighted by molar-refractivity contribution is 6.01. The van der Waals surface area contributed by atoms with Crippen molar-refractivity contribution in [3.8, 4) is 0 Å². The summed E-state index contributed by atoms with van der Waals surface area (Å²) in [6, 6.07) is 15.2. The number of nitrogens with one attached hydrogen (secondary N) is 1. The maximum atomic E-state index is 13.2. The Morgan fingerprint density at radius 1 is 1.06 bits per heavy atom. The van der Waals surface area contributed by atoms with E-state index in [1.54, 1.807) is 42.5 Å². The van der Waals surface area contributed by atoms with Gasteiger partial charge < -0.3 is 19.4 Å². The van der Waals surface area contributed by atoms with Crippen LogP contribution in [0.4, 0.5) is 11.4 Å². The van der Waals surface area contributed by atoms with E-state index in [-0.39, 0.29) is 24.2 Å². The van der Waals surface area contributed by atoms with Crippen molar-refractivity contribution in [1.29, 1.82) is 0 Å². The Labute approximate surface area is 182 Å². The summed E-state index contributed by atoms with van der Waals surface area (Å²) in [4.78, 5) is 49.5. The largest absolute Gasteiger partial charge is 0.467 e. The molecule has 0 bridgehead atoms. The summed E-state index contributed by atoms with van der Waals surface area (Å²) in [7, 11) is 1.12. The van der Waals surface area contributed by atoms with Gasteiger partial charge in [-0.2, -0.15) is 0 Å². The average Bonchev–Trinajstić information content (AvgIpc) is 3.31. The van der Waals surface area contributed by atoms with E-state index in [2.05, 4.69) is 10.1 Å². The second kappa shape index (κ2) is 10.0. The zero-order valence-corrected chi connectivity index (χ0v) is 17.0. The summed E-state index contributed by atoms with van der Waals surface area (Å²) >= 11 is 0. The molecular formula is C22H19N3O7. The molecule has 0 fully saturated rings. The van der Waals surface area contributed by atoms with Gasteiger partial charge in [-0.1, -0.05) is 18.2 Å². The first-order chi connectivity index (χ1) is 15.4. The molecule has 0 spiro atoms. The Morgan fingerprint density at radius 3 is 2.41 bits per heavy atom. The smallest absolute Gasteiger partial charge is 0.338 e. The standard InChI is InChI=1S/C22H19N3O7/c1-31-22(28)16-10-15(11-18(12-16)25(29)30)21(27)24(13-19-8-5-9-32-19)14-20(26)23-17-6-3-2-4-7-17/h2-12H,13-14H2,1H3,(H,23,26). The van der Waals surface area contributed by atoms with E-state index in [0.29, 0.717) is 11.4 Å². The number of benzene rings is 2. The van der Waals surface area contributed by atoms with Gasteiger partial charge in [-0.3, -0.25) is 19.7 Å². The molecule has 2 amide bonds. The molecule has 0 saturated carbocycles. The third-order valence-electron chi connectivity index (χ3n) is 4.40. The number of hydrogen-bond donors (Lipinski definition) is 1. The molecule has 32 heavy (non-hydrogen) atoms. The molecule has 164 valence electrons. The molecule has 1 heterocycles. The third kappa shape index (κ3) is 5.57. The Morgan fingerprint density at radius 2 is 1.78 bits per heavy atom. The first-order valence-electron chi connectivity index (χ1n) is 9.41.